The number of hydrogen-bond acceptors (Lipinski definition) is 6. The first-order valence-corrected chi connectivity index (χ1v) is 7.19. The Hall–Kier alpha value is -0.620. The van der Waals surface area contributed by atoms with E-state index in [4.69, 9.17) is 5.73 Å². The fourth-order valence-electron chi connectivity index (χ4n) is 1.48. The monoisotopic (exact) mass is 242 g/mol. The second kappa shape index (κ2) is 4.94. The number of hydrogen-bond donors (Lipinski definition) is 1. The standard InChI is InChI=1S/C9H14N4S2/c1-14-9-11-7(10)6-8(12-9)13-2-4-15-5-3-13/h6H,2-5H2,1H3,(H2,10,11,12). The molecule has 1 saturated heterocycles. The lowest BCUT2D eigenvalue weighted by Crippen LogP contribution is -2.33. The molecule has 0 bridgehead atoms. The van der Waals surface area contributed by atoms with Crippen LogP contribution < -0.4 is 10.6 Å². The molecule has 2 heterocycles. The lowest BCUT2D eigenvalue weighted by molar-refractivity contribution is 0.816. The van der Waals surface area contributed by atoms with Crippen LogP contribution in [-0.4, -0.2) is 40.8 Å². The summed E-state index contributed by atoms with van der Waals surface area (Å²) in [5.41, 5.74) is 5.75. The van der Waals surface area contributed by atoms with Crippen molar-refractivity contribution in [2.24, 2.45) is 0 Å². The maximum Gasteiger partial charge on any atom is 0.191 e. The van der Waals surface area contributed by atoms with E-state index >= 15 is 0 Å². The minimum atomic E-state index is 0.558. The number of rotatable bonds is 2. The first-order chi connectivity index (χ1) is 7.29. The molecule has 1 aromatic rings. The van der Waals surface area contributed by atoms with Crippen molar-refractivity contribution in [3.63, 3.8) is 0 Å². The maximum absolute atomic E-state index is 5.75. The van der Waals surface area contributed by atoms with Crippen LogP contribution in [0.1, 0.15) is 0 Å². The van der Waals surface area contributed by atoms with Gasteiger partial charge in [-0.05, 0) is 6.26 Å². The SMILES string of the molecule is CSc1nc(N)cc(N2CCSCC2)n1. The molecule has 2 N–H and O–H groups in total. The van der Waals surface area contributed by atoms with E-state index in [1.165, 1.54) is 23.3 Å². The fourth-order valence-corrected chi connectivity index (χ4v) is 2.76. The highest BCUT2D eigenvalue weighted by atomic mass is 32.2. The van der Waals surface area contributed by atoms with Crippen molar-refractivity contribution in [1.82, 2.24) is 9.97 Å². The van der Waals surface area contributed by atoms with Crippen LogP contribution in [-0.2, 0) is 0 Å². The van der Waals surface area contributed by atoms with Gasteiger partial charge in [-0.15, -0.1) is 0 Å². The van der Waals surface area contributed by atoms with Gasteiger partial charge in [-0.2, -0.15) is 11.8 Å². The van der Waals surface area contributed by atoms with Crippen LogP contribution in [0.25, 0.3) is 0 Å². The van der Waals surface area contributed by atoms with Gasteiger partial charge in [0.25, 0.3) is 0 Å². The number of nitrogens with two attached hydrogens (primary N) is 1. The van der Waals surface area contributed by atoms with Gasteiger partial charge >= 0.3 is 0 Å². The Balaban J connectivity index is 2.22. The highest BCUT2D eigenvalue weighted by molar-refractivity contribution is 7.99. The van der Waals surface area contributed by atoms with Crippen LogP contribution in [0.3, 0.4) is 0 Å². The second-order valence-corrected chi connectivity index (χ2v) is 5.24. The second-order valence-electron chi connectivity index (χ2n) is 3.24. The zero-order valence-electron chi connectivity index (χ0n) is 8.64. The minimum Gasteiger partial charge on any atom is -0.383 e. The van der Waals surface area contributed by atoms with Crippen molar-refractivity contribution in [1.29, 1.82) is 0 Å². The quantitative estimate of drug-likeness (QED) is 0.624. The van der Waals surface area contributed by atoms with E-state index in [1.54, 1.807) is 0 Å². The normalized spacial score (nSPS) is 16.7. The Morgan fingerprint density at radius 2 is 2.13 bits per heavy atom. The summed E-state index contributed by atoms with van der Waals surface area (Å²) in [6.45, 7) is 2.10. The molecular formula is C9H14N4S2. The van der Waals surface area contributed by atoms with Crippen LogP contribution >= 0.6 is 23.5 Å². The van der Waals surface area contributed by atoms with Crippen molar-refractivity contribution in [2.45, 2.75) is 5.16 Å². The van der Waals surface area contributed by atoms with Gasteiger partial charge < -0.3 is 10.6 Å². The molecule has 0 unspecified atom stereocenters. The van der Waals surface area contributed by atoms with E-state index in [0.717, 1.165) is 24.1 Å². The fraction of sp³-hybridized carbons (Fsp3) is 0.556. The molecule has 82 valence electrons. The third-order valence-electron chi connectivity index (χ3n) is 2.23. The lowest BCUT2D eigenvalue weighted by atomic mass is 10.4. The third-order valence-corrected chi connectivity index (χ3v) is 3.72. The Bertz CT molecular complexity index is 339. The van der Waals surface area contributed by atoms with Gasteiger partial charge in [0.05, 0.1) is 0 Å². The molecule has 1 aliphatic rings. The average Bonchev–Trinajstić information content (AvgIpc) is 2.29. The van der Waals surface area contributed by atoms with Gasteiger partial charge in [0.1, 0.15) is 11.6 Å². The first kappa shape index (κ1) is 10.9. The first-order valence-electron chi connectivity index (χ1n) is 4.81. The van der Waals surface area contributed by atoms with Gasteiger partial charge in [-0.3, -0.25) is 0 Å². The molecule has 4 nitrogen and oxygen atoms in total. The summed E-state index contributed by atoms with van der Waals surface area (Å²) < 4.78 is 0. The van der Waals surface area contributed by atoms with Gasteiger partial charge in [0.15, 0.2) is 5.16 Å². The summed E-state index contributed by atoms with van der Waals surface area (Å²) in [6.07, 6.45) is 1.96. The van der Waals surface area contributed by atoms with Crippen LogP contribution in [0.5, 0.6) is 0 Å². The molecule has 0 amide bonds. The lowest BCUT2D eigenvalue weighted by Gasteiger charge is -2.27. The van der Waals surface area contributed by atoms with E-state index in [-0.39, 0.29) is 0 Å². The molecule has 0 saturated carbocycles. The summed E-state index contributed by atoms with van der Waals surface area (Å²) in [7, 11) is 0. The Morgan fingerprint density at radius 3 is 2.80 bits per heavy atom. The molecule has 1 aromatic heterocycles. The number of nitrogens with zero attached hydrogens (tertiary/aromatic N) is 3. The van der Waals surface area contributed by atoms with Gasteiger partial charge in [0, 0.05) is 30.7 Å². The Kier molecular flexibility index (Phi) is 3.58. The summed E-state index contributed by atoms with van der Waals surface area (Å²) in [5, 5.41) is 0.753. The summed E-state index contributed by atoms with van der Waals surface area (Å²) >= 11 is 3.51. The molecule has 6 heteroatoms. The number of aromatic nitrogens is 2. The number of anilines is 2. The average molecular weight is 242 g/mol. The summed E-state index contributed by atoms with van der Waals surface area (Å²) in [5.74, 6) is 3.85. The molecule has 1 aliphatic heterocycles. The van der Waals surface area contributed by atoms with Crippen LogP contribution in [0.15, 0.2) is 11.2 Å². The van der Waals surface area contributed by atoms with E-state index in [0.29, 0.717) is 5.82 Å². The van der Waals surface area contributed by atoms with Gasteiger partial charge in [0.2, 0.25) is 0 Å². The topological polar surface area (TPSA) is 55.0 Å². The van der Waals surface area contributed by atoms with Crippen molar-refractivity contribution >= 4 is 35.2 Å². The molecule has 2 rings (SSSR count). The highest BCUT2D eigenvalue weighted by Gasteiger charge is 2.13. The van der Waals surface area contributed by atoms with Gasteiger partial charge in [-0.25, -0.2) is 9.97 Å². The molecule has 0 atom stereocenters. The van der Waals surface area contributed by atoms with E-state index in [2.05, 4.69) is 14.9 Å². The molecule has 1 fully saturated rings. The zero-order chi connectivity index (χ0) is 10.7. The smallest absolute Gasteiger partial charge is 0.191 e. The predicted octanol–water partition coefficient (Wildman–Crippen LogP) is 1.33. The summed E-state index contributed by atoms with van der Waals surface area (Å²) in [6, 6.07) is 1.86. The van der Waals surface area contributed by atoms with Crippen molar-refractivity contribution < 1.29 is 0 Å². The molecule has 0 aliphatic carbocycles. The molecule has 0 spiro atoms. The molecule has 0 aromatic carbocycles. The molecular weight excluding hydrogens is 228 g/mol. The number of thioether (sulfide) groups is 2. The number of nitrogen functional groups attached to an aromatic ring is 1. The van der Waals surface area contributed by atoms with Crippen molar-refractivity contribution in [3.8, 4) is 0 Å². The van der Waals surface area contributed by atoms with Crippen LogP contribution in [0.2, 0.25) is 0 Å². The molecule has 0 radical (unpaired) electrons. The highest BCUT2D eigenvalue weighted by Crippen LogP contribution is 2.21. The largest absolute Gasteiger partial charge is 0.383 e. The Labute approximate surface area is 98.0 Å². The molecule has 15 heavy (non-hydrogen) atoms. The van der Waals surface area contributed by atoms with Gasteiger partial charge in [-0.1, -0.05) is 11.8 Å². The predicted molar refractivity (Wildman–Crippen MR) is 67.8 cm³/mol. The Morgan fingerprint density at radius 1 is 1.40 bits per heavy atom. The van der Waals surface area contributed by atoms with Crippen LogP contribution in [0.4, 0.5) is 11.6 Å². The zero-order valence-corrected chi connectivity index (χ0v) is 10.3. The summed E-state index contributed by atoms with van der Waals surface area (Å²) in [4.78, 5) is 10.9. The van der Waals surface area contributed by atoms with E-state index in [9.17, 15) is 0 Å². The van der Waals surface area contributed by atoms with Crippen molar-refractivity contribution in [3.05, 3.63) is 6.07 Å². The minimum absolute atomic E-state index is 0.558. The van der Waals surface area contributed by atoms with Crippen molar-refractivity contribution in [2.75, 3.05) is 41.5 Å². The van der Waals surface area contributed by atoms with Crippen LogP contribution in [0, 0.1) is 0 Å². The third kappa shape index (κ3) is 2.69. The van der Waals surface area contributed by atoms with E-state index in [1.807, 2.05) is 24.1 Å². The maximum atomic E-state index is 5.75. The van der Waals surface area contributed by atoms with E-state index < -0.39 is 0 Å².